The first-order valence-corrected chi connectivity index (χ1v) is 11.6. The van der Waals surface area contributed by atoms with E-state index < -0.39 is 41.8 Å². The maximum Gasteiger partial charge on any atom is 0.408 e. The highest BCUT2D eigenvalue weighted by atomic mass is 79.9. The summed E-state index contributed by atoms with van der Waals surface area (Å²) in [5.41, 5.74) is 2.15. The molecule has 10 nitrogen and oxygen atoms in total. The number of amides is 2. The Morgan fingerprint density at radius 1 is 1.42 bits per heavy atom. The minimum Gasteiger partial charge on any atom is -0.468 e. The molecule has 1 aromatic rings. The Kier molecular flexibility index (Phi) is 9.22. The molecule has 12 heteroatoms. The average Bonchev–Trinajstić information content (AvgIpc) is 3.14. The summed E-state index contributed by atoms with van der Waals surface area (Å²) in [7, 11) is 1.29. The molecular weight excluding hydrogens is 492 g/mol. The van der Waals surface area contributed by atoms with E-state index in [2.05, 4.69) is 31.7 Å². The Bertz CT molecular complexity index is 784. The van der Waals surface area contributed by atoms with Crippen LogP contribution in [-0.4, -0.2) is 65.9 Å². The van der Waals surface area contributed by atoms with E-state index in [0.717, 1.165) is 0 Å². The van der Waals surface area contributed by atoms with Crippen LogP contribution in [0.5, 0.6) is 0 Å². The zero-order valence-electron chi connectivity index (χ0n) is 18.3. The van der Waals surface area contributed by atoms with Gasteiger partial charge < -0.3 is 19.5 Å². The van der Waals surface area contributed by atoms with Crippen LogP contribution in [0.2, 0.25) is 0 Å². The zero-order chi connectivity index (χ0) is 23.2. The number of hydrogen-bond acceptors (Lipinski definition) is 9. The molecule has 174 valence electrons. The van der Waals surface area contributed by atoms with Crippen molar-refractivity contribution >= 4 is 45.2 Å². The number of rotatable bonds is 7. The number of hydrazine groups is 1. The number of hydrogen-bond donors (Lipinski definition) is 2. The molecule has 2 amide bonds. The van der Waals surface area contributed by atoms with E-state index in [4.69, 9.17) is 14.2 Å². The van der Waals surface area contributed by atoms with Gasteiger partial charge in [0.25, 0.3) is 5.91 Å². The number of carbonyl (C=O) groups excluding carboxylic acids is 3. The first-order chi connectivity index (χ1) is 14.6. The molecule has 0 radical (unpaired) electrons. The lowest BCUT2D eigenvalue weighted by Crippen LogP contribution is -2.61. The summed E-state index contributed by atoms with van der Waals surface area (Å²) in [6.07, 6.45) is -0.469. The number of methoxy groups -OCH3 is 1. The molecule has 1 aliphatic heterocycles. The molecule has 0 spiro atoms. The number of esters is 1. The van der Waals surface area contributed by atoms with Gasteiger partial charge in [0.05, 0.1) is 7.11 Å². The highest BCUT2D eigenvalue weighted by molar-refractivity contribution is 9.10. The lowest BCUT2D eigenvalue weighted by molar-refractivity contribution is -0.152. The number of ether oxygens (including phenoxy) is 3. The first-order valence-electron chi connectivity index (χ1n) is 9.93. The minimum absolute atomic E-state index is 0.292. The molecule has 3 atom stereocenters. The van der Waals surface area contributed by atoms with Gasteiger partial charge in [0.1, 0.15) is 33.4 Å². The lowest BCUT2D eigenvalue weighted by Gasteiger charge is -2.36. The van der Waals surface area contributed by atoms with Crippen molar-refractivity contribution in [1.29, 1.82) is 0 Å². The summed E-state index contributed by atoms with van der Waals surface area (Å²) in [6, 6.07) is -1.78. The van der Waals surface area contributed by atoms with Crippen LogP contribution in [-0.2, 0) is 23.8 Å². The second-order valence-electron chi connectivity index (χ2n) is 7.85. The van der Waals surface area contributed by atoms with Crippen LogP contribution in [0.25, 0.3) is 0 Å². The summed E-state index contributed by atoms with van der Waals surface area (Å²) in [6.45, 7) is 7.63. The van der Waals surface area contributed by atoms with Gasteiger partial charge in [-0.05, 0) is 56.5 Å². The molecule has 1 aliphatic rings. The highest BCUT2D eigenvalue weighted by Gasteiger charge is 2.40. The maximum atomic E-state index is 13.5. The van der Waals surface area contributed by atoms with Crippen molar-refractivity contribution in [3.05, 3.63) is 15.0 Å². The molecule has 0 aromatic carbocycles. The number of aromatic nitrogens is 1. The molecule has 31 heavy (non-hydrogen) atoms. The number of carbonyl (C=O) groups is 3. The van der Waals surface area contributed by atoms with Gasteiger partial charge in [-0.3, -0.25) is 14.6 Å². The van der Waals surface area contributed by atoms with Gasteiger partial charge in [0.2, 0.25) is 0 Å². The van der Waals surface area contributed by atoms with Crippen molar-refractivity contribution in [3.63, 3.8) is 0 Å². The molecule has 0 bridgehead atoms. The van der Waals surface area contributed by atoms with Gasteiger partial charge >= 0.3 is 12.1 Å². The molecule has 1 saturated heterocycles. The van der Waals surface area contributed by atoms with Crippen LogP contribution in [0.4, 0.5) is 4.79 Å². The predicted molar refractivity (Wildman–Crippen MR) is 117 cm³/mol. The number of thiazole rings is 1. The van der Waals surface area contributed by atoms with Crippen LogP contribution < -0.4 is 10.7 Å². The van der Waals surface area contributed by atoms with E-state index in [1.807, 2.05) is 0 Å². The van der Waals surface area contributed by atoms with E-state index in [-0.39, 0.29) is 0 Å². The van der Waals surface area contributed by atoms with E-state index in [9.17, 15) is 14.4 Å². The van der Waals surface area contributed by atoms with Crippen molar-refractivity contribution in [2.24, 2.45) is 0 Å². The maximum absolute atomic E-state index is 13.5. The molecule has 2 heterocycles. The predicted octanol–water partition coefficient (Wildman–Crippen LogP) is 2.55. The van der Waals surface area contributed by atoms with Gasteiger partial charge in [-0.15, -0.1) is 11.3 Å². The topological polar surface area (TPSA) is 119 Å². The van der Waals surface area contributed by atoms with Crippen LogP contribution in [0.1, 0.15) is 51.6 Å². The van der Waals surface area contributed by atoms with Gasteiger partial charge in [-0.25, -0.2) is 15.2 Å². The Morgan fingerprint density at radius 3 is 2.68 bits per heavy atom. The first kappa shape index (κ1) is 25.5. The second-order valence-corrected chi connectivity index (χ2v) is 9.55. The molecule has 0 aliphatic carbocycles. The third kappa shape index (κ3) is 7.41. The fraction of sp³-hybridized carbons (Fsp3) is 0.684. The summed E-state index contributed by atoms with van der Waals surface area (Å²) < 4.78 is 16.6. The summed E-state index contributed by atoms with van der Waals surface area (Å²) >= 11 is 4.61. The Morgan fingerprint density at radius 2 is 2.13 bits per heavy atom. The van der Waals surface area contributed by atoms with Gasteiger partial charge in [-0.1, -0.05) is 0 Å². The molecule has 1 fully saturated rings. The molecule has 1 aromatic heterocycles. The fourth-order valence-electron chi connectivity index (χ4n) is 3.01. The third-order valence-corrected chi connectivity index (χ3v) is 5.88. The smallest absolute Gasteiger partial charge is 0.408 e. The van der Waals surface area contributed by atoms with E-state index in [1.165, 1.54) is 23.5 Å². The monoisotopic (exact) mass is 520 g/mol. The van der Waals surface area contributed by atoms with Gasteiger partial charge in [0.15, 0.2) is 0 Å². The number of halogens is 1. The van der Waals surface area contributed by atoms with Crippen LogP contribution in [0.3, 0.4) is 0 Å². The normalized spacial score (nSPS) is 18.8. The standard InChI is InChI=1S/C19H29BrN4O6S/c1-6-29-14(15-21-12(20)10-31-15)13(22-18(27)30-19(2,3)4)16(25)24-9-7-8-11(23-24)17(26)28-5/h10-11,13-14,23H,6-9H2,1-5H3,(H,22,27)/t11-,13-,14-/m0/s1. The minimum atomic E-state index is -1.13. The van der Waals surface area contributed by atoms with Crippen molar-refractivity contribution in [3.8, 4) is 0 Å². The largest absolute Gasteiger partial charge is 0.468 e. The van der Waals surface area contributed by atoms with Crippen molar-refractivity contribution in [1.82, 2.24) is 20.7 Å². The van der Waals surface area contributed by atoms with Crippen LogP contribution in [0, 0.1) is 0 Å². The quantitative estimate of drug-likeness (QED) is 0.526. The van der Waals surface area contributed by atoms with Crippen LogP contribution in [0.15, 0.2) is 9.98 Å². The van der Waals surface area contributed by atoms with Gasteiger partial charge in [0, 0.05) is 18.5 Å². The fourth-order valence-corrected chi connectivity index (χ4v) is 4.36. The average molecular weight is 521 g/mol. The molecule has 0 saturated carbocycles. The lowest BCUT2D eigenvalue weighted by atomic mass is 10.1. The Balaban J connectivity index is 2.31. The molecular formula is C19H29BrN4O6S. The number of nitrogens with zero attached hydrogens (tertiary/aromatic N) is 2. The number of nitrogens with one attached hydrogen (secondary N) is 2. The van der Waals surface area contributed by atoms with Crippen molar-refractivity contribution in [2.45, 2.75) is 64.3 Å². The molecule has 0 unspecified atom stereocenters. The van der Waals surface area contributed by atoms with E-state index in [1.54, 1.807) is 33.1 Å². The van der Waals surface area contributed by atoms with Crippen LogP contribution >= 0.6 is 27.3 Å². The summed E-state index contributed by atoms with van der Waals surface area (Å²) in [5.74, 6) is -0.927. The molecule has 2 rings (SSSR count). The summed E-state index contributed by atoms with van der Waals surface area (Å²) in [5, 5.41) is 6.25. The number of alkyl carbamates (subject to hydrolysis) is 1. The summed E-state index contributed by atoms with van der Waals surface area (Å²) in [4.78, 5) is 42.3. The van der Waals surface area contributed by atoms with Gasteiger partial charge in [-0.2, -0.15) is 0 Å². The zero-order valence-corrected chi connectivity index (χ0v) is 20.7. The Hall–Kier alpha value is -1.76. The SMILES string of the molecule is CCO[C@H](c1nc(Br)cs1)[C@H](NC(=O)OC(C)(C)C)C(=O)N1CCC[C@@H](C(=O)OC)N1. The van der Waals surface area contributed by atoms with Crippen molar-refractivity contribution < 1.29 is 28.6 Å². The Labute approximate surface area is 194 Å². The van der Waals surface area contributed by atoms with E-state index >= 15 is 0 Å². The molecule has 2 N–H and O–H groups in total. The third-order valence-electron chi connectivity index (χ3n) is 4.26. The van der Waals surface area contributed by atoms with E-state index in [0.29, 0.717) is 35.6 Å². The second kappa shape index (κ2) is 11.2. The van der Waals surface area contributed by atoms with Crippen molar-refractivity contribution in [2.75, 3.05) is 20.3 Å². The highest BCUT2D eigenvalue weighted by Crippen LogP contribution is 2.28.